The van der Waals surface area contributed by atoms with Gasteiger partial charge in [0.1, 0.15) is 0 Å². The monoisotopic (exact) mass is 249 g/mol. The van der Waals surface area contributed by atoms with E-state index in [1.54, 1.807) is 11.5 Å². The first-order chi connectivity index (χ1) is 7.66. The first-order valence-electron chi connectivity index (χ1n) is 5.03. The lowest BCUT2D eigenvalue weighted by atomic mass is 10.1. The van der Waals surface area contributed by atoms with E-state index in [1.165, 1.54) is 10.4 Å². The Kier molecular flexibility index (Phi) is 3.42. The molecule has 2 aromatic rings. The van der Waals surface area contributed by atoms with Gasteiger partial charge in [0.15, 0.2) is 0 Å². The Balaban J connectivity index is 2.24. The molecule has 16 heavy (non-hydrogen) atoms. The fraction of sp³-hybridized carbons (Fsp3) is 0.154. The molecule has 0 aliphatic carbocycles. The van der Waals surface area contributed by atoms with Crippen LogP contribution < -0.4 is 0 Å². The van der Waals surface area contributed by atoms with E-state index in [0.29, 0.717) is 0 Å². The molecule has 0 fully saturated rings. The maximum absolute atomic E-state index is 5.83. The Labute approximate surface area is 105 Å². The van der Waals surface area contributed by atoms with Crippen LogP contribution in [0.2, 0.25) is 5.02 Å². The van der Waals surface area contributed by atoms with E-state index >= 15 is 0 Å². The third-order valence-electron chi connectivity index (χ3n) is 2.40. The summed E-state index contributed by atoms with van der Waals surface area (Å²) in [4.78, 5) is 1.25. The second-order valence-electron chi connectivity index (χ2n) is 3.62. The molecule has 0 bridgehead atoms. The summed E-state index contributed by atoms with van der Waals surface area (Å²) in [7, 11) is 0. The standard InChI is InChI=1S/C13H12ClNS/c1-9-13(10(2)16-15-9)8-5-11-3-6-12(14)7-4-11/h3-8H,1-2H3/b8-5-. The molecule has 0 aliphatic rings. The summed E-state index contributed by atoms with van der Waals surface area (Å²) in [5, 5.41) is 0.765. The normalized spacial score (nSPS) is 11.2. The smallest absolute Gasteiger partial charge is 0.0586 e. The minimum Gasteiger partial charge on any atom is -0.197 e. The fourth-order valence-corrected chi connectivity index (χ4v) is 2.29. The average Bonchev–Trinajstić information content (AvgIpc) is 2.59. The second kappa shape index (κ2) is 4.81. The van der Waals surface area contributed by atoms with Crippen molar-refractivity contribution in [2.24, 2.45) is 0 Å². The van der Waals surface area contributed by atoms with Crippen LogP contribution in [-0.2, 0) is 0 Å². The summed E-state index contributed by atoms with van der Waals surface area (Å²) in [6.07, 6.45) is 4.19. The topological polar surface area (TPSA) is 12.9 Å². The van der Waals surface area contributed by atoms with Crippen LogP contribution in [0.3, 0.4) is 0 Å². The number of halogens is 1. The van der Waals surface area contributed by atoms with E-state index in [2.05, 4.69) is 23.4 Å². The van der Waals surface area contributed by atoms with Gasteiger partial charge in [0.2, 0.25) is 0 Å². The highest BCUT2D eigenvalue weighted by molar-refractivity contribution is 7.06. The molecular formula is C13H12ClNS. The zero-order chi connectivity index (χ0) is 11.5. The van der Waals surface area contributed by atoms with Crippen molar-refractivity contribution in [3.8, 4) is 0 Å². The van der Waals surface area contributed by atoms with Crippen molar-refractivity contribution in [2.45, 2.75) is 13.8 Å². The molecule has 1 aromatic heterocycles. The lowest BCUT2D eigenvalue weighted by Gasteiger charge is -1.95. The summed E-state index contributed by atoms with van der Waals surface area (Å²) < 4.78 is 4.31. The van der Waals surface area contributed by atoms with Crippen molar-refractivity contribution in [2.75, 3.05) is 0 Å². The van der Waals surface area contributed by atoms with E-state index in [-0.39, 0.29) is 0 Å². The minimum atomic E-state index is 0.765. The first kappa shape index (κ1) is 11.4. The van der Waals surface area contributed by atoms with E-state index in [0.717, 1.165) is 16.3 Å². The maximum Gasteiger partial charge on any atom is 0.0586 e. The van der Waals surface area contributed by atoms with Gasteiger partial charge in [-0.3, -0.25) is 0 Å². The van der Waals surface area contributed by atoms with Gasteiger partial charge in [0.25, 0.3) is 0 Å². The Morgan fingerprint density at radius 3 is 2.38 bits per heavy atom. The molecule has 1 heterocycles. The number of benzene rings is 1. The third kappa shape index (κ3) is 2.52. The van der Waals surface area contributed by atoms with E-state index < -0.39 is 0 Å². The van der Waals surface area contributed by atoms with Crippen molar-refractivity contribution in [1.29, 1.82) is 0 Å². The van der Waals surface area contributed by atoms with Gasteiger partial charge in [-0.15, -0.1) is 0 Å². The molecule has 0 N–H and O–H groups in total. The highest BCUT2D eigenvalue weighted by atomic mass is 35.5. The summed E-state index contributed by atoms with van der Waals surface area (Å²) in [6, 6.07) is 7.80. The first-order valence-corrected chi connectivity index (χ1v) is 6.18. The number of aryl methyl sites for hydroxylation is 2. The number of rotatable bonds is 2. The van der Waals surface area contributed by atoms with Crippen LogP contribution in [0.5, 0.6) is 0 Å². The summed E-state index contributed by atoms with van der Waals surface area (Å²) in [6.45, 7) is 4.12. The molecule has 1 nitrogen and oxygen atoms in total. The minimum absolute atomic E-state index is 0.765. The lowest BCUT2D eigenvalue weighted by molar-refractivity contribution is 1.32. The lowest BCUT2D eigenvalue weighted by Crippen LogP contribution is -1.77. The van der Waals surface area contributed by atoms with Crippen LogP contribution in [0.4, 0.5) is 0 Å². The average molecular weight is 250 g/mol. The number of nitrogens with zero attached hydrogens (tertiary/aromatic N) is 1. The third-order valence-corrected chi connectivity index (χ3v) is 3.51. The van der Waals surface area contributed by atoms with Crippen molar-refractivity contribution in [3.05, 3.63) is 51.0 Å². The van der Waals surface area contributed by atoms with Crippen molar-refractivity contribution >= 4 is 35.3 Å². The predicted octanol–water partition coefficient (Wildman–Crippen LogP) is 4.58. The molecule has 82 valence electrons. The summed E-state index contributed by atoms with van der Waals surface area (Å²) in [5.41, 5.74) is 3.46. The highest BCUT2D eigenvalue weighted by Gasteiger charge is 2.02. The molecule has 0 radical (unpaired) electrons. The van der Waals surface area contributed by atoms with Gasteiger partial charge in [0, 0.05) is 15.5 Å². The van der Waals surface area contributed by atoms with Crippen molar-refractivity contribution in [3.63, 3.8) is 0 Å². The van der Waals surface area contributed by atoms with E-state index in [1.807, 2.05) is 31.2 Å². The molecule has 0 saturated carbocycles. The van der Waals surface area contributed by atoms with Crippen LogP contribution in [-0.4, -0.2) is 4.37 Å². The molecule has 0 spiro atoms. The summed E-state index contributed by atoms with van der Waals surface area (Å²) in [5.74, 6) is 0. The Morgan fingerprint density at radius 2 is 1.81 bits per heavy atom. The Morgan fingerprint density at radius 1 is 1.12 bits per heavy atom. The molecule has 3 heteroatoms. The zero-order valence-corrected chi connectivity index (χ0v) is 10.8. The highest BCUT2D eigenvalue weighted by Crippen LogP contribution is 2.20. The molecule has 2 rings (SSSR count). The van der Waals surface area contributed by atoms with E-state index in [9.17, 15) is 0 Å². The fourth-order valence-electron chi connectivity index (χ4n) is 1.48. The molecule has 0 amide bonds. The largest absolute Gasteiger partial charge is 0.197 e. The summed E-state index contributed by atoms with van der Waals surface area (Å²) >= 11 is 7.38. The predicted molar refractivity (Wildman–Crippen MR) is 72.0 cm³/mol. The second-order valence-corrected chi connectivity index (χ2v) is 5.04. The quantitative estimate of drug-likeness (QED) is 0.759. The van der Waals surface area contributed by atoms with Gasteiger partial charge in [-0.25, -0.2) is 0 Å². The van der Waals surface area contributed by atoms with Crippen molar-refractivity contribution < 1.29 is 0 Å². The number of hydrogen-bond acceptors (Lipinski definition) is 2. The maximum atomic E-state index is 5.83. The Hall–Kier alpha value is -1.12. The van der Waals surface area contributed by atoms with E-state index in [4.69, 9.17) is 11.6 Å². The molecule has 1 aromatic carbocycles. The van der Waals surface area contributed by atoms with Crippen molar-refractivity contribution in [1.82, 2.24) is 4.37 Å². The SMILES string of the molecule is Cc1nsc(C)c1/C=C\c1ccc(Cl)cc1. The van der Waals surface area contributed by atoms with Crippen LogP contribution in [0, 0.1) is 13.8 Å². The number of hydrogen-bond donors (Lipinski definition) is 0. The molecule has 0 aliphatic heterocycles. The molecular weight excluding hydrogens is 238 g/mol. The van der Waals surface area contributed by atoms with Crippen LogP contribution >= 0.6 is 23.1 Å². The zero-order valence-electron chi connectivity index (χ0n) is 9.20. The van der Waals surface area contributed by atoms with Gasteiger partial charge in [-0.2, -0.15) is 4.37 Å². The van der Waals surface area contributed by atoms with Gasteiger partial charge < -0.3 is 0 Å². The van der Waals surface area contributed by atoms with Gasteiger partial charge in [0.05, 0.1) is 5.69 Å². The van der Waals surface area contributed by atoms with Crippen LogP contribution in [0.25, 0.3) is 12.2 Å². The molecule has 0 unspecified atom stereocenters. The van der Waals surface area contributed by atoms with Crippen LogP contribution in [0.1, 0.15) is 21.7 Å². The Bertz CT molecular complexity index is 492. The van der Waals surface area contributed by atoms with Gasteiger partial charge in [-0.1, -0.05) is 35.9 Å². The van der Waals surface area contributed by atoms with Gasteiger partial charge in [-0.05, 0) is 43.1 Å². The molecule has 0 atom stereocenters. The number of aromatic nitrogens is 1. The van der Waals surface area contributed by atoms with Gasteiger partial charge >= 0.3 is 0 Å². The molecule has 0 saturated heterocycles. The van der Waals surface area contributed by atoms with Crippen LogP contribution in [0.15, 0.2) is 24.3 Å².